The van der Waals surface area contributed by atoms with E-state index in [1.54, 1.807) is 0 Å². The number of carbonyl (C=O) groups is 1. The van der Waals surface area contributed by atoms with Gasteiger partial charge in [0.05, 0.1) is 6.04 Å². The highest BCUT2D eigenvalue weighted by atomic mass is 35.5. The van der Waals surface area contributed by atoms with E-state index >= 15 is 0 Å². The first-order valence-electron chi connectivity index (χ1n) is 7.14. The molecule has 0 aliphatic carbocycles. The quantitative estimate of drug-likeness (QED) is 0.811. The third-order valence-corrected chi connectivity index (χ3v) is 3.90. The second kappa shape index (κ2) is 7.28. The summed E-state index contributed by atoms with van der Waals surface area (Å²) in [7, 11) is 0. The van der Waals surface area contributed by atoms with E-state index in [-0.39, 0.29) is 17.9 Å². The topological polar surface area (TPSA) is 29.1 Å². The fourth-order valence-electron chi connectivity index (χ4n) is 2.30. The number of nitrogens with one attached hydrogen (secondary N) is 1. The first-order valence-corrected chi connectivity index (χ1v) is 7.57. The van der Waals surface area contributed by atoms with Gasteiger partial charge >= 0.3 is 0 Å². The van der Waals surface area contributed by atoms with Gasteiger partial charge in [0.2, 0.25) is 5.91 Å². The maximum Gasteiger partial charge on any atom is 0.243 e. The average molecular weight is 302 g/mol. The zero-order valence-corrected chi connectivity index (χ0v) is 13.0. The van der Waals surface area contributed by atoms with Crippen molar-refractivity contribution in [2.45, 2.75) is 25.3 Å². The molecule has 3 heteroatoms. The van der Waals surface area contributed by atoms with E-state index in [9.17, 15) is 4.79 Å². The molecule has 2 atom stereocenters. The van der Waals surface area contributed by atoms with Crippen LogP contribution in [-0.4, -0.2) is 5.91 Å². The van der Waals surface area contributed by atoms with Gasteiger partial charge in [0.15, 0.2) is 0 Å². The van der Waals surface area contributed by atoms with Gasteiger partial charge in [-0.3, -0.25) is 4.79 Å². The summed E-state index contributed by atoms with van der Waals surface area (Å²) < 4.78 is 0. The van der Waals surface area contributed by atoms with Crippen LogP contribution in [0.15, 0.2) is 60.7 Å². The van der Waals surface area contributed by atoms with E-state index < -0.39 is 5.38 Å². The molecular formula is C18H20ClNO. The van der Waals surface area contributed by atoms with E-state index in [0.717, 1.165) is 11.1 Å². The molecule has 0 spiro atoms. The monoisotopic (exact) mass is 301 g/mol. The van der Waals surface area contributed by atoms with Gasteiger partial charge in [-0.2, -0.15) is 0 Å². The largest absolute Gasteiger partial charge is 0.347 e. The minimum atomic E-state index is -0.670. The van der Waals surface area contributed by atoms with Crippen LogP contribution in [-0.2, 0) is 4.79 Å². The van der Waals surface area contributed by atoms with Crippen molar-refractivity contribution in [2.24, 2.45) is 5.92 Å². The summed E-state index contributed by atoms with van der Waals surface area (Å²) in [6.45, 7) is 4.17. The van der Waals surface area contributed by atoms with E-state index in [0.29, 0.717) is 0 Å². The van der Waals surface area contributed by atoms with E-state index in [1.807, 2.05) is 60.7 Å². The van der Waals surface area contributed by atoms with E-state index in [1.165, 1.54) is 0 Å². The van der Waals surface area contributed by atoms with Gasteiger partial charge in [0, 0.05) is 0 Å². The lowest BCUT2D eigenvalue weighted by Crippen LogP contribution is -2.34. The van der Waals surface area contributed by atoms with Gasteiger partial charge < -0.3 is 5.32 Å². The van der Waals surface area contributed by atoms with Gasteiger partial charge in [-0.1, -0.05) is 74.5 Å². The Hall–Kier alpha value is -1.80. The molecule has 2 nitrogen and oxygen atoms in total. The van der Waals surface area contributed by atoms with Gasteiger partial charge in [0.25, 0.3) is 0 Å². The first kappa shape index (κ1) is 15.6. The number of carbonyl (C=O) groups excluding carboxylic acids is 1. The fraction of sp³-hybridized carbons (Fsp3) is 0.278. The van der Waals surface area contributed by atoms with Crippen LogP contribution in [0.25, 0.3) is 0 Å². The third-order valence-electron chi connectivity index (χ3n) is 3.45. The molecule has 0 saturated heterocycles. The molecule has 1 N–H and O–H groups in total. The maximum atomic E-state index is 12.4. The maximum absolute atomic E-state index is 12.4. The van der Waals surface area contributed by atoms with Gasteiger partial charge in [-0.25, -0.2) is 0 Å². The molecule has 0 heterocycles. The van der Waals surface area contributed by atoms with Crippen molar-refractivity contribution in [3.05, 3.63) is 71.8 Å². The standard InChI is InChI=1S/C18H20ClNO/c1-13(2)17(15-11-7-4-8-12-15)20-18(21)16(19)14-9-5-3-6-10-14/h3-13,16-17H,1-2H3,(H,20,21). The lowest BCUT2D eigenvalue weighted by atomic mass is 9.95. The van der Waals surface area contributed by atoms with Crippen molar-refractivity contribution < 1.29 is 4.79 Å². The van der Waals surface area contributed by atoms with Crippen molar-refractivity contribution >= 4 is 17.5 Å². The van der Waals surface area contributed by atoms with Crippen LogP contribution >= 0.6 is 11.6 Å². The van der Waals surface area contributed by atoms with Crippen molar-refractivity contribution in [2.75, 3.05) is 0 Å². The Labute approximate surface area is 131 Å². The lowest BCUT2D eigenvalue weighted by molar-refractivity contribution is -0.121. The van der Waals surface area contributed by atoms with Crippen molar-refractivity contribution in [1.82, 2.24) is 5.32 Å². The van der Waals surface area contributed by atoms with Crippen LogP contribution < -0.4 is 5.32 Å². The fourth-order valence-corrected chi connectivity index (χ4v) is 2.50. The Kier molecular flexibility index (Phi) is 5.40. The smallest absolute Gasteiger partial charge is 0.243 e. The molecule has 0 radical (unpaired) electrons. The molecule has 0 fully saturated rings. The number of alkyl halides is 1. The summed E-state index contributed by atoms with van der Waals surface area (Å²) in [5, 5.41) is 2.39. The van der Waals surface area contributed by atoms with Crippen molar-refractivity contribution in [3.63, 3.8) is 0 Å². The van der Waals surface area contributed by atoms with Gasteiger partial charge in [0.1, 0.15) is 5.38 Å². The Morgan fingerprint density at radius 2 is 1.38 bits per heavy atom. The van der Waals surface area contributed by atoms with Crippen LogP contribution in [0.5, 0.6) is 0 Å². The number of rotatable bonds is 5. The van der Waals surface area contributed by atoms with Gasteiger partial charge in [-0.05, 0) is 17.0 Å². The minimum absolute atomic E-state index is 0.0383. The molecule has 0 bridgehead atoms. The van der Waals surface area contributed by atoms with Crippen molar-refractivity contribution in [3.8, 4) is 0 Å². The molecule has 21 heavy (non-hydrogen) atoms. The summed E-state index contributed by atoms with van der Waals surface area (Å²) in [6, 6.07) is 19.3. The number of benzene rings is 2. The summed E-state index contributed by atoms with van der Waals surface area (Å²) in [5.41, 5.74) is 1.91. The lowest BCUT2D eigenvalue weighted by Gasteiger charge is -2.24. The third kappa shape index (κ3) is 4.08. The average Bonchev–Trinajstić information content (AvgIpc) is 2.53. The first-order chi connectivity index (χ1) is 10.1. The van der Waals surface area contributed by atoms with Crippen LogP contribution in [0.3, 0.4) is 0 Å². The second-order valence-electron chi connectivity index (χ2n) is 5.41. The second-order valence-corrected chi connectivity index (χ2v) is 5.85. The summed E-state index contributed by atoms with van der Waals surface area (Å²) in [5.74, 6) is 0.126. The summed E-state index contributed by atoms with van der Waals surface area (Å²) in [6.07, 6.45) is 0. The Balaban J connectivity index is 2.12. The molecular weight excluding hydrogens is 282 g/mol. The molecule has 110 valence electrons. The van der Waals surface area contributed by atoms with Crippen LogP contribution in [0.1, 0.15) is 36.4 Å². The highest BCUT2D eigenvalue weighted by molar-refractivity contribution is 6.30. The zero-order chi connectivity index (χ0) is 15.2. The predicted molar refractivity (Wildman–Crippen MR) is 87.2 cm³/mol. The summed E-state index contributed by atoms with van der Waals surface area (Å²) >= 11 is 6.28. The Bertz CT molecular complexity index is 568. The normalized spacial score (nSPS) is 13.7. The highest BCUT2D eigenvalue weighted by Crippen LogP contribution is 2.25. The molecule has 0 aliphatic rings. The number of halogens is 1. The molecule has 0 aliphatic heterocycles. The van der Waals surface area contributed by atoms with Gasteiger partial charge in [-0.15, -0.1) is 11.6 Å². The Morgan fingerprint density at radius 3 is 1.86 bits per heavy atom. The summed E-state index contributed by atoms with van der Waals surface area (Å²) in [4.78, 5) is 12.4. The van der Waals surface area contributed by atoms with E-state index in [4.69, 9.17) is 11.6 Å². The Morgan fingerprint density at radius 1 is 0.905 bits per heavy atom. The molecule has 2 rings (SSSR count). The molecule has 2 aromatic carbocycles. The molecule has 2 unspecified atom stereocenters. The van der Waals surface area contributed by atoms with Crippen LogP contribution in [0.2, 0.25) is 0 Å². The molecule has 0 saturated carbocycles. The highest BCUT2D eigenvalue weighted by Gasteiger charge is 2.23. The minimum Gasteiger partial charge on any atom is -0.347 e. The van der Waals surface area contributed by atoms with Crippen LogP contribution in [0.4, 0.5) is 0 Å². The predicted octanol–water partition coefficient (Wildman–Crippen LogP) is 4.48. The zero-order valence-electron chi connectivity index (χ0n) is 12.3. The van der Waals surface area contributed by atoms with E-state index in [2.05, 4.69) is 19.2 Å². The number of hydrogen-bond acceptors (Lipinski definition) is 1. The molecule has 0 aromatic heterocycles. The van der Waals surface area contributed by atoms with Crippen LogP contribution in [0, 0.1) is 5.92 Å². The molecule has 1 amide bonds. The SMILES string of the molecule is CC(C)C(NC(=O)C(Cl)c1ccccc1)c1ccccc1. The van der Waals surface area contributed by atoms with Crippen molar-refractivity contribution in [1.29, 1.82) is 0 Å². The number of amides is 1. The molecule has 2 aromatic rings. The number of hydrogen-bond donors (Lipinski definition) is 1.